The van der Waals surface area contributed by atoms with Crippen LogP contribution >= 0.6 is 0 Å². The van der Waals surface area contributed by atoms with Crippen LogP contribution in [0, 0.1) is 5.92 Å². The summed E-state index contributed by atoms with van der Waals surface area (Å²) in [7, 11) is 2.04. The van der Waals surface area contributed by atoms with Gasteiger partial charge in [0.05, 0.1) is 0 Å². The molecule has 0 atom stereocenters. The fourth-order valence-electron chi connectivity index (χ4n) is 2.33. The van der Waals surface area contributed by atoms with Gasteiger partial charge in [0.15, 0.2) is 0 Å². The van der Waals surface area contributed by atoms with E-state index in [1.165, 1.54) is 38.2 Å². The summed E-state index contributed by atoms with van der Waals surface area (Å²) in [5.74, 6) is 2.20. The van der Waals surface area contributed by atoms with Gasteiger partial charge in [-0.15, -0.1) is 0 Å². The molecule has 1 saturated heterocycles. The number of anilines is 1. The Kier molecular flexibility index (Phi) is 3.67. The minimum absolute atomic E-state index is 0.920. The molecule has 1 aromatic heterocycles. The first-order chi connectivity index (χ1) is 7.40. The molecule has 1 aliphatic heterocycles. The van der Waals surface area contributed by atoms with E-state index in [0.717, 1.165) is 12.5 Å². The summed E-state index contributed by atoms with van der Waals surface area (Å²) in [6, 6.07) is 4.23. The molecule has 0 unspecified atom stereocenters. The minimum atomic E-state index is 0.920. The van der Waals surface area contributed by atoms with Crippen molar-refractivity contribution in [1.82, 2.24) is 10.3 Å². The number of hydrogen-bond acceptors (Lipinski definition) is 2. The van der Waals surface area contributed by atoms with E-state index in [-0.39, 0.29) is 0 Å². The van der Waals surface area contributed by atoms with Crippen LogP contribution in [0.2, 0.25) is 0 Å². The Morgan fingerprint density at radius 3 is 2.87 bits per heavy atom. The normalized spacial score (nSPS) is 18.3. The SMILES string of the molecule is CNCCC1CCN(c2ccc[nH]2)CC1. The number of nitrogens with one attached hydrogen (secondary N) is 2. The number of rotatable bonds is 4. The Morgan fingerprint density at radius 2 is 2.27 bits per heavy atom. The summed E-state index contributed by atoms with van der Waals surface area (Å²) in [6.07, 6.45) is 6.00. The Balaban J connectivity index is 1.77. The lowest BCUT2D eigenvalue weighted by molar-refractivity contribution is 0.377. The summed E-state index contributed by atoms with van der Waals surface area (Å²) in [4.78, 5) is 5.73. The zero-order valence-electron chi connectivity index (χ0n) is 9.50. The van der Waals surface area contributed by atoms with E-state index in [1.54, 1.807) is 0 Å². The highest BCUT2D eigenvalue weighted by Crippen LogP contribution is 2.23. The number of nitrogens with zero attached hydrogens (tertiary/aromatic N) is 1. The van der Waals surface area contributed by atoms with Crippen molar-refractivity contribution >= 4 is 5.82 Å². The van der Waals surface area contributed by atoms with Gasteiger partial charge in [0.25, 0.3) is 0 Å². The molecule has 0 amide bonds. The van der Waals surface area contributed by atoms with Crippen LogP contribution in [0.3, 0.4) is 0 Å². The second-order valence-electron chi connectivity index (χ2n) is 4.38. The molecule has 15 heavy (non-hydrogen) atoms. The summed E-state index contributed by atoms with van der Waals surface area (Å²) >= 11 is 0. The highest BCUT2D eigenvalue weighted by molar-refractivity contribution is 5.38. The first-order valence-electron chi connectivity index (χ1n) is 5.93. The first kappa shape index (κ1) is 10.6. The van der Waals surface area contributed by atoms with E-state index < -0.39 is 0 Å². The largest absolute Gasteiger partial charge is 0.358 e. The molecule has 0 bridgehead atoms. The third kappa shape index (κ3) is 2.75. The Bertz CT molecular complexity index is 260. The second-order valence-corrected chi connectivity index (χ2v) is 4.38. The zero-order valence-corrected chi connectivity index (χ0v) is 9.50. The van der Waals surface area contributed by atoms with Crippen LogP contribution in [-0.2, 0) is 0 Å². The van der Waals surface area contributed by atoms with Gasteiger partial charge < -0.3 is 15.2 Å². The molecule has 84 valence electrons. The molecule has 3 heteroatoms. The number of aromatic amines is 1. The van der Waals surface area contributed by atoms with Gasteiger partial charge in [0.1, 0.15) is 5.82 Å². The van der Waals surface area contributed by atoms with Gasteiger partial charge in [0.2, 0.25) is 0 Å². The molecular weight excluding hydrogens is 186 g/mol. The summed E-state index contributed by atoms with van der Waals surface area (Å²) < 4.78 is 0. The van der Waals surface area contributed by atoms with Crippen LogP contribution in [0.25, 0.3) is 0 Å². The van der Waals surface area contributed by atoms with Crippen LogP contribution in [0.1, 0.15) is 19.3 Å². The fourth-order valence-corrected chi connectivity index (χ4v) is 2.33. The summed E-state index contributed by atoms with van der Waals surface area (Å²) in [5, 5.41) is 3.23. The molecule has 1 fully saturated rings. The standard InChI is InChI=1S/C12H21N3/c1-13-8-4-11-5-9-15(10-6-11)12-3-2-7-14-12/h2-3,7,11,13-14H,4-6,8-10H2,1H3. The molecule has 2 N–H and O–H groups in total. The molecule has 1 aliphatic rings. The second kappa shape index (κ2) is 5.21. The van der Waals surface area contributed by atoms with Gasteiger partial charge >= 0.3 is 0 Å². The minimum Gasteiger partial charge on any atom is -0.358 e. The van der Waals surface area contributed by atoms with Crippen LogP contribution < -0.4 is 10.2 Å². The predicted octanol–water partition coefficient (Wildman–Crippen LogP) is 1.84. The molecule has 0 aromatic carbocycles. The molecule has 0 aliphatic carbocycles. The highest BCUT2D eigenvalue weighted by Gasteiger charge is 2.18. The van der Waals surface area contributed by atoms with Gasteiger partial charge in [-0.05, 0) is 50.9 Å². The van der Waals surface area contributed by atoms with Crippen molar-refractivity contribution < 1.29 is 0 Å². The van der Waals surface area contributed by atoms with E-state index in [4.69, 9.17) is 0 Å². The van der Waals surface area contributed by atoms with Crippen molar-refractivity contribution in [3.8, 4) is 0 Å². The van der Waals surface area contributed by atoms with Gasteiger partial charge in [-0.1, -0.05) is 0 Å². The van der Waals surface area contributed by atoms with Gasteiger partial charge in [-0.3, -0.25) is 0 Å². The first-order valence-corrected chi connectivity index (χ1v) is 5.93. The maximum Gasteiger partial charge on any atom is 0.105 e. The van der Waals surface area contributed by atoms with Gasteiger partial charge in [-0.25, -0.2) is 0 Å². The van der Waals surface area contributed by atoms with E-state index in [1.807, 2.05) is 13.2 Å². The van der Waals surface area contributed by atoms with Crippen molar-refractivity contribution in [2.75, 3.05) is 31.6 Å². The van der Waals surface area contributed by atoms with E-state index in [2.05, 4.69) is 27.3 Å². The van der Waals surface area contributed by atoms with Crippen LogP contribution in [0.15, 0.2) is 18.3 Å². The van der Waals surface area contributed by atoms with Crippen LogP contribution in [0.5, 0.6) is 0 Å². The fraction of sp³-hybridized carbons (Fsp3) is 0.667. The number of piperidine rings is 1. The molecule has 3 nitrogen and oxygen atoms in total. The third-order valence-corrected chi connectivity index (χ3v) is 3.34. The van der Waals surface area contributed by atoms with Gasteiger partial charge in [-0.2, -0.15) is 0 Å². The molecule has 2 heterocycles. The average molecular weight is 207 g/mol. The van der Waals surface area contributed by atoms with Crippen molar-refractivity contribution in [2.45, 2.75) is 19.3 Å². The monoisotopic (exact) mass is 207 g/mol. The van der Waals surface area contributed by atoms with Crippen LogP contribution in [-0.4, -0.2) is 31.7 Å². The molecule has 0 spiro atoms. The topological polar surface area (TPSA) is 31.1 Å². The van der Waals surface area contributed by atoms with Crippen molar-refractivity contribution in [3.63, 3.8) is 0 Å². The molecule has 0 saturated carbocycles. The van der Waals surface area contributed by atoms with Crippen molar-refractivity contribution in [2.24, 2.45) is 5.92 Å². The average Bonchev–Trinajstić information content (AvgIpc) is 2.80. The number of hydrogen-bond donors (Lipinski definition) is 2. The highest BCUT2D eigenvalue weighted by atomic mass is 15.2. The Morgan fingerprint density at radius 1 is 1.47 bits per heavy atom. The van der Waals surface area contributed by atoms with Crippen molar-refractivity contribution in [1.29, 1.82) is 0 Å². The summed E-state index contributed by atoms with van der Waals surface area (Å²) in [5.41, 5.74) is 0. The molecule has 2 rings (SSSR count). The lowest BCUT2D eigenvalue weighted by Crippen LogP contribution is -2.34. The molecule has 0 radical (unpaired) electrons. The number of H-pyrrole nitrogens is 1. The van der Waals surface area contributed by atoms with Gasteiger partial charge in [0, 0.05) is 19.3 Å². The molecule has 1 aromatic rings. The Labute approximate surface area is 91.9 Å². The lowest BCUT2D eigenvalue weighted by atomic mass is 9.93. The predicted molar refractivity (Wildman–Crippen MR) is 64.3 cm³/mol. The third-order valence-electron chi connectivity index (χ3n) is 3.34. The zero-order chi connectivity index (χ0) is 10.5. The number of aromatic nitrogens is 1. The lowest BCUT2D eigenvalue weighted by Gasteiger charge is -2.32. The quantitative estimate of drug-likeness (QED) is 0.789. The van der Waals surface area contributed by atoms with Crippen LogP contribution in [0.4, 0.5) is 5.82 Å². The summed E-state index contributed by atoms with van der Waals surface area (Å²) in [6.45, 7) is 3.57. The van der Waals surface area contributed by atoms with E-state index in [9.17, 15) is 0 Å². The van der Waals surface area contributed by atoms with E-state index in [0.29, 0.717) is 0 Å². The van der Waals surface area contributed by atoms with E-state index >= 15 is 0 Å². The Hall–Kier alpha value is -0.960. The van der Waals surface area contributed by atoms with Crippen molar-refractivity contribution in [3.05, 3.63) is 18.3 Å². The maximum atomic E-state index is 3.28. The molecular formula is C12H21N3. The maximum absolute atomic E-state index is 3.28. The smallest absolute Gasteiger partial charge is 0.105 e.